The Balaban J connectivity index is 2.70. The summed E-state index contributed by atoms with van der Waals surface area (Å²) in [7, 11) is 0. The van der Waals surface area contributed by atoms with Gasteiger partial charge in [-0.25, -0.2) is 4.98 Å². The summed E-state index contributed by atoms with van der Waals surface area (Å²) in [4.78, 5) is 4.34. The van der Waals surface area contributed by atoms with E-state index in [2.05, 4.69) is 30.2 Å². The Hall–Kier alpha value is -1.09. The molecule has 0 saturated heterocycles. The van der Waals surface area contributed by atoms with Crippen molar-refractivity contribution in [2.45, 2.75) is 39.2 Å². The molecule has 1 unspecified atom stereocenters. The van der Waals surface area contributed by atoms with Crippen LogP contribution in [0.25, 0.3) is 0 Å². The van der Waals surface area contributed by atoms with Crippen LogP contribution in [0.5, 0.6) is 0 Å². The van der Waals surface area contributed by atoms with Gasteiger partial charge >= 0.3 is 0 Å². The van der Waals surface area contributed by atoms with Gasteiger partial charge < -0.3 is 11.1 Å². The van der Waals surface area contributed by atoms with Crippen LogP contribution in [0.15, 0.2) is 18.3 Å². The number of nitrogens with two attached hydrogens (primary N) is 1. The lowest BCUT2D eigenvalue weighted by Gasteiger charge is -2.29. The van der Waals surface area contributed by atoms with Crippen LogP contribution in [-0.4, -0.2) is 17.1 Å². The molecule has 0 aromatic carbocycles. The Morgan fingerprint density at radius 3 is 2.67 bits per heavy atom. The van der Waals surface area contributed by atoms with E-state index in [1.807, 2.05) is 19.2 Å². The highest BCUT2D eigenvalue weighted by atomic mass is 15.0. The van der Waals surface area contributed by atoms with Gasteiger partial charge in [0.05, 0.1) is 0 Å². The van der Waals surface area contributed by atoms with E-state index in [1.54, 1.807) is 0 Å². The van der Waals surface area contributed by atoms with Gasteiger partial charge in [0.2, 0.25) is 0 Å². The fraction of sp³-hybridized carbons (Fsp3) is 0.583. The van der Waals surface area contributed by atoms with Crippen molar-refractivity contribution in [2.75, 3.05) is 11.9 Å². The molecule has 0 aliphatic carbocycles. The first-order chi connectivity index (χ1) is 7.09. The number of hydrogen-bond acceptors (Lipinski definition) is 3. The summed E-state index contributed by atoms with van der Waals surface area (Å²) in [6.45, 7) is 7.08. The monoisotopic (exact) mass is 207 g/mol. The average Bonchev–Trinajstić information content (AvgIpc) is 2.22. The van der Waals surface area contributed by atoms with Crippen molar-refractivity contribution in [3.05, 3.63) is 23.9 Å². The van der Waals surface area contributed by atoms with Crippen molar-refractivity contribution in [3.8, 4) is 0 Å². The molecular formula is C12H21N3. The average molecular weight is 207 g/mol. The van der Waals surface area contributed by atoms with Crippen LogP contribution in [0.1, 0.15) is 32.3 Å². The van der Waals surface area contributed by atoms with Crippen LogP contribution in [0, 0.1) is 6.92 Å². The smallest absolute Gasteiger partial charge is 0.126 e. The number of nitrogens with zero attached hydrogens (tertiary/aromatic N) is 1. The zero-order valence-corrected chi connectivity index (χ0v) is 9.88. The second-order valence-corrected chi connectivity index (χ2v) is 4.30. The lowest BCUT2D eigenvalue weighted by atomic mass is 9.94. The summed E-state index contributed by atoms with van der Waals surface area (Å²) in [5, 5.41) is 3.44. The molecule has 3 heteroatoms. The minimum atomic E-state index is 0.0526. The summed E-state index contributed by atoms with van der Waals surface area (Å²) >= 11 is 0. The van der Waals surface area contributed by atoms with E-state index in [9.17, 15) is 0 Å². The quantitative estimate of drug-likeness (QED) is 0.779. The molecule has 0 aliphatic heterocycles. The minimum absolute atomic E-state index is 0.0526. The molecule has 0 fully saturated rings. The van der Waals surface area contributed by atoms with Crippen molar-refractivity contribution in [1.82, 2.24) is 4.98 Å². The molecular weight excluding hydrogens is 186 g/mol. The fourth-order valence-corrected chi connectivity index (χ4v) is 1.50. The van der Waals surface area contributed by atoms with Crippen molar-refractivity contribution >= 4 is 5.82 Å². The number of nitrogens with one attached hydrogen (secondary N) is 1. The Morgan fingerprint density at radius 2 is 2.20 bits per heavy atom. The van der Waals surface area contributed by atoms with E-state index in [-0.39, 0.29) is 5.54 Å². The molecule has 0 spiro atoms. The molecule has 3 N–H and O–H groups in total. The number of aryl methyl sites for hydroxylation is 1. The van der Waals surface area contributed by atoms with Crippen LogP contribution >= 0.6 is 0 Å². The first-order valence-electron chi connectivity index (χ1n) is 5.50. The van der Waals surface area contributed by atoms with E-state index in [0.29, 0.717) is 6.54 Å². The number of pyridine rings is 1. The molecule has 1 heterocycles. The fourth-order valence-electron chi connectivity index (χ4n) is 1.50. The van der Waals surface area contributed by atoms with Gasteiger partial charge in [0.15, 0.2) is 0 Å². The predicted molar refractivity (Wildman–Crippen MR) is 65.0 cm³/mol. The number of aromatic nitrogens is 1. The van der Waals surface area contributed by atoms with Crippen molar-refractivity contribution in [1.29, 1.82) is 0 Å². The molecule has 1 atom stereocenters. The first kappa shape index (κ1) is 12.0. The second kappa shape index (κ2) is 5.12. The van der Waals surface area contributed by atoms with Gasteiger partial charge in [0.25, 0.3) is 0 Å². The Kier molecular flexibility index (Phi) is 4.09. The summed E-state index contributed by atoms with van der Waals surface area (Å²) < 4.78 is 0. The molecule has 0 bridgehead atoms. The largest absolute Gasteiger partial charge is 0.365 e. The van der Waals surface area contributed by atoms with Gasteiger partial charge in [0.1, 0.15) is 5.82 Å². The maximum atomic E-state index is 5.61. The van der Waals surface area contributed by atoms with Crippen LogP contribution in [0.3, 0.4) is 0 Å². The molecule has 0 aliphatic rings. The Bertz CT molecular complexity index is 294. The second-order valence-electron chi connectivity index (χ2n) is 4.30. The third-order valence-corrected chi connectivity index (χ3v) is 2.82. The highest BCUT2D eigenvalue weighted by Crippen LogP contribution is 2.19. The van der Waals surface area contributed by atoms with E-state index in [0.717, 1.165) is 18.7 Å². The van der Waals surface area contributed by atoms with Gasteiger partial charge in [-0.15, -0.1) is 0 Å². The zero-order chi connectivity index (χ0) is 11.3. The van der Waals surface area contributed by atoms with E-state index in [1.165, 1.54) is 5.56 Å². The molecule has 1 aromatic heterocycles. The molecule has 1 rings (SSSR count). The summed E-state index contributed by atoms with van der Waals surface area (Å²) in [6.07, 6.45) is 3.87. The maximum absolute atomic E-state index is 5.61. The van der Waals surface area contributed by atoms with Crippen molar-refractivity contribution in [3.63, 3.8) is 0 Å². The Morgan fingerprint density at radius 1 is 1.47 bits per heavy atom. The van der Waals surface area contributed by atoms with E-state index >= 15 is 0 Å². The summed E-state index contributed by atoms with van der Waals surface area (Å²) in [5.74, 6) is 0.929. The third-order valence-electron chi connectivity index (χ3n) is 2.82. The van der Waals surface area contributed by atoms with Crippen LogP contribution < -0.4 is 11.1 Å². The van der Waals surface area contributed by atoms with E-state index < -0.39 is 0 Å². The lowest BCUT2D eigenvalue weighted by Crippen LogP contribution is -2.36. The van der Waals surface area contributed by atoms with Gasteiger partial charge in [-0.2, -0.15) is 0 Å². The number of hydrogen-bond donors (Lipinski definition) is 2. The Labute approximate surface area is 92.1 Å². The molecule has 15 heavy (non-hydrogen) atoms. The van der Waals surface area contributed by atoms with Crippen LogP contribution in [0.4, 0.5) is 5.82 Å². The zero-order valence-electron chi connectivity index (χ0n) is 9.88. The molecule has 3 nitrogen and oxygen atoms in total. The third kappa shape index (κ3) is 3.51. The number of rotatable bonds is 5. The summed E-state index contributed by atoms with van der Waals surface area (Å²) in [5.41, 5.74) is 6.84. The van der Waals surface area contributed by atoms with Crippen molar-refractivity contribution in [2.24, 2.45) is 5.73 Å². The van der Waals surface area contributed by atoms with Crippen molar-refractivity contribution < 1.29 is 0 Å². The van der Waals surface area contributed by atoms with E-state index in [4.69, 9.17) is 5.73 Å². The van der Waals surface area contributed by atoms with Gasteiger partial charge in [-0.1, -0.05) is 13.0 Å². The number of anilines is 1. The SMILES string of the molecule is CCC(C)(CCN)Nc1ccc(C)cn1. The molecule has 0 saturated carbocycles. The predicted octanol–water partition coefficient (Wildman–Crippen LogP) is 2.32. The van der Waals surface area contributed by atoms with Crippen LogP contribution in [0.2, 0.25) is 0 Å². The highest BCUT2D eigenvalue weighted by Gasteiger charge is 2.20. The highest BCUT2D eigenvalue weighted by molar-refractivity contribution is 5.38. The molecule has 1 aromatic rings. The first-order valence-corrected chi connectivity index (χ1v) is 5.50. The van der Waals surface area contributed by atoms with Crippen LogP contribution in [-0.2, 0) is 0 Å². The molecule has 84 valence electrons. The topological polar surface area (TPSA) is 50.9 Å². The molecule has 0 radical (unpaired) electrons. The van der Waals surface area contributed by atoms with Gasteiger partial charge in [-0.3, -0.25) is 0 Å². The normalized spacial score (nSPS) is 14.7. The minimum Gasteiger partial charge on any atom is -0.365 e. The van der Waals surface area contributed by atoms with Gasteiger partial charge in [0, 0.05) is 11.7 Å². The standard InChI is InChI=1S/C12H21N3/c1-4-12(3,7-8-13)15-11-6-5-10(2)9-14-11/h5-6,9H,4,7-8,13H2,1-3H3,(H,14,15). The molecule has 0 amide bonds. The van der Waals surface area contributed by atoms with Gasteiger partial charge in [-0.05, 0) is 44.9 Å². The summed E-state index contributed by atoms with van der Waals surface area (Å²) in [6, 6.07) is 4.08. The maximum Gasteiger partial charge on any atom is 0.126 e. The lowest BCUT2D eigenvalue weighted by molar-refractivity contribution is 0.462.